The highest BCUT2D eigenvalue weighted by molar-refractivity contribution is 7.92. The van der Waals surface area contributed by atoms with E-state index in [0.717, 1.165) is 11.3 Å². The highest BCUT2D eigenvalue weighted by Crippen LogP contribution is 2.24. The number of benzene rings is 2. The molecule has 0 amide bonds. The maximum absolute atomic E-state index is 12.6. The minimum Gasteiger partial charge on any atom is -0.491 e. The number of aryl methyl sites for hydroxylation is 1. The molecule has 0 fully saturated rings. The van der Waals surface area contributed by atoms with Gasteiger partial charge in [0.15, 0.2) is 0 Å². The van der Waals surface area contributed by atoms with Crippen molar-refractivity contribution in [3.63, 3.8) is 0 Å². The summed E-state index contributed by atoms with van der Waals surface area (Å²) in [6.45, 7) is 3.80. The molecule has 0 bridgehead atoms. The molecule has 132 valence electrons. The molecule has 0 aliphatic carbocycles. The Labute approximate surface area is 149 Å². The average molecular weight is 378 g/mol. The van der Waals surface area contributed by atoms with Crippen LogP contribution in [0.5, 0.6) is 5.75 Å². The summed E-state index contributed by atoms with van der Waals surface area (Å²) in [5.41, 5.74) is 1.13. The lowest BCUT2D eigenvalue weighted by Gasteiger charge is -2.12. The molecule has 0 saturated heterocycles. The first-order valence-corrected chi connectivity index (χ1v) is 9.95. The number of rotatable bonds is 5. The molecule has 1 N–H and O–H groups in total. The predicted octanol–water partition coefficient (Wildman–Crippen LogP) is 3.19. The standard InChI is InChI=1S/C17H18N2O4S2/c1-11(2)23-13-6-4-5-12(9-13)18-25(21,22)14-7-8-15-16(10-14)24-17(20)19(15)3/h4-11,18H,1-3H3. The van der Waals surface area contributed by atoms with Gasteiger partial charge in [-0.3, -0.25) is 9.52 Å². The summed E-state index contributed by atoms with van der Waals surface area (Å²) in [7, 11) is -2.10. The third kappa shape index (κ3) is 3.69. The van der Waals surface area contributed by atoms with Gasteiger partial charge in [0.05, 0.1) is 26.9 Å². The summed E-state index contributed by atoms with van der Waals surface area (Å²) in [4.78, 5) is 11.7. The number of thiazole rings is 1. The van der Waals surface area contributed by atoms with E-state index in [1.807, 2.05) is 13.8 Å². The van der Waals surface area contributed by atoms with Crippen molar-refractivity contribution in [2.75, 3.05) is 4.72 Å². The van der Waals surface area contributed by atoms with Crippen molar-refractivity contribution in [1.82, 2.24) is 4.57 Å². The van der Waals surface area contributed by atoms with Gasteiger partial charge in [-0.2, -0.15) is 0 Å². The second-order valence-corrected chi connectivity index (χ2v) is 8.53. The highest BCUT2D eigenvalue weighted by atomic mass is 32.2. The normalized spacial score (nSPS) is 11.8. The van der Waals surface area contributed by atoms with Crippen LogP contribution in [-0.2, 0) is 17.1 Å². The molecule has 1 aromatic heterocycles. The zero-order valence-electron chi connectivity index (χ0n) is 14.0. The first kappa shape index (κ1) is 17.5. The van der Waals surface area contributed by atoms with Crippen LogP contribution in [0.15, 0.2) is 52.2 Å². The van der Waals surface area contributed by atoms with Crippen molar-refractivity contribution in [3.8, 4) is 5.75 Å². The van der Waals surface area contributed by atoms with E-state index in [9.17, 15) is 13.2 Å². The molecule has 0 saturated carbocycles. The topological polar surface area (TPSA) is 77.4 Å². The smallest absolute Gasteiger partial charge is 0.307 e. The van der Waals surface area contributed by atoms with E-state index >= 15 is 0 Å². The second-order valence-electron chi connectivity index (χ2n) is 5.86. The Morgan fingerprint density at radius 2 is 1.92 bits per heavy atom. The molecular weight excluding hydrogens is 360 g/mol. The average Bonchev–Trinajstić information content (AvgIpc) is 2.81. The Morgan fingerprint density at radius 1 is 1.16 bits per heavy atom. The Bertz CT molecular complexity index is 1080. The first-order valence-electron chi connectivity index (χ1n) is 7.65. The molecule has 1 heterocycles. The van der Waals surface area contributed by atoms with Gasteiger partial charge in [-0.25, -0.2) is 8.42 Å². The lowest BCUT2D eigenvalue weighted by atomic mass is 10.3. The molecule has 0 unspecified atom stereocenters. The lowest BCUT2D eigenvalue weighted by Crippen LogP contribution is -2.13. The lowest BCUT2D eigenvalue weighted by molar-refractivity contribution is 0.242. The monoisotopic (exact) mass is 378 g/mol. The van der Waals surface area contributed by atoms with Crippen molar-refractivity contribution in [2.24, 2.45) is 7.05 Å². The quantitative estimate of drug-likeness (QED) is 0.740. The van der Waals surface area contributed by atoms with Gasteiger partial charge in [0.1, 0.15) is 5.75 Å². The molecule has 3 rings (SSSR count). The van der Waals surface area contributed by atoms with Crippen LogP contribution in [0.2, 0.25) is 0 Å². The molecule has 0 radical (unpaired) electrons. The van der Waals surface area contributed by atoms with Crippen LogP contribution in [-0.4, -0.2) is 19.1 Å². The van der Waals surface area contributed by atoms with Crippen molar-refractivity contribution in [1.29, 1.82) is 0 Å². The Hall–Kier alpha value is -2.32. The molecule has 3 aromatic rings. The molecule has 25 heavy (non-hydrogen) atoms. The van der Waals surface area contributed by atoms with Crippen molar-refractivity contribution < 1.29 is 13.2 Å². The molecule has 0 spiro atoms. The maximum Gasteiger partial charge on any atom is 0.307 e. The van der Waals surface area contributed by atoms with Crippen molar-refractivity contribution >= 4 is 37.3 Å². The van der Waals surface area contributed by atoms with Crippen molar-refractivity contribution in [3.05, 3.63) is 52.1 Å². The van der Waals surface area contributed by atoms with Crippen LogP contribution in [0.25, 0.3) is 10.2 Å². The zero-order chi connectivity index (χ0) is 18.2. The second kappa shape index (κ2) is 6.53. The van der Waals surface area contributed by atoms with Crippen molar-refractivity contribution in [2.45, 2.75) is 24.8 Å². The molecule has 6 nitrogen and oxygen atoms in total. The maximum atomic E-state index is 12.6. The van der Waals surface area contributed by atoms with Crippen LogP contribution in [0.1, 0.15) is 13.8 Å². The van der Waals surface area contributed by atoms with E-state index in [4.69, 9.17) is 4.74 Å². The first-order chi connectivity index (χ1) is 11.8. The number of fused-ring (bicyclic) bond motifs is 1. The van der Waals surface area contributed by atoms with E-state index in [1.54, 1.807) is 37.4 Å². The summed E-state index contributed by atoms with van der Waals surface area (Å²) in [5.74, 6) is 0.590. The number of hydrogen-bond acceptors (Lipinski definition) is 5. The summed E-state index contributed by atoms with van der Waals surface area (Å²) in [6, 6.07) is 11.4. The van der Waals surface area contributed by atoms with E-state index in [-0.39, 0.29) is 15.9 Å². The fourth-order valence-corrected chi connectivity index (χ4v) is 4.47. The van der Waals surface area contributed by atoms with Gasteiger partial charge in [0.25, 0.3) is 10.0 Å². The highest BCUT2D eigenvalue weighted by Gasteiger charge is 2.16. The number of ether oxygens (including phenoxy) is 1. The molecular formula is C17H18N2O4S2. The molecule has 2 aromatic carbocycles. The fraction of sp³-hybridized carbons (Fsp3) is 0.235. The summed E-state index contributed by atoms with van der Waals surface area (Å²) in [5, 5.41) is 0. The number of anilines is 1. The third-order valence-corrected chi connectivity index (χ3v) is 5.91. The van der Waals surface area contributed by atoms with Gasteiger partial charge in [-0.05, 0) is 44.2 Å². The summed E-state index contributed by atoms with van der Waals surface area (Å²) >= 11 is 1.02. The molecule has 0 atom stereocenters. The van der Waals surface area contributed by atoms with Gasteiger partial charge < -0.3 is 9.30 Å². The van der Waals surface area contributed by atoms with Gasteiger partial charge in [-0.1, -0.05) is 17.4 Å². The number of sulfonamides is 1. The van der Waals surface area contributed by atoms with Crippen LogP contribution in [0, 0.1) is 0 Å². The van der Waals surface area contributed by atoms with E-state index in [0.29, 0.717) is 21.7 Å². The zero-order valence-corrected chi connectivity index (χ0v) is 15.6. The molecule has 0 aliphatic heterocycles. The SMILES string of the molecule is CC(C)Oc1cccc(NS(=O)(=O)c2ccc3c(c2)sc(=O)n3C)c1. The van der Waals surface area contributed by atoms with Gasteiger partial charge >= 0.3 is 4.87 Å². The number of aromatic nitrogens is 1. The van der Waals surface area contributed by atoms with E-state index < -0.39 is 10.0 Å². The van der Waals surface area contributed by atoms with Crippen LogP contribution < -0.4 is 14.3 Å². The number of nitrogens with zero attached hydrogens (tertiary/aromatic N) is 1. The van der Waals surface area contributed by atoms with Gasteiger partial charge in [0.2, 0.25) is 0 Å². The Balaban J connectivity index is 1.93. The molecule has 8 heteroatoms. The Morgan fingerprint density at radius 3 is 2.64 bits per heavy atom. The molecule has 0 aliphatic rings. The minimum atomic E-state index is -3.76. The Kier molecular flexibility index (Phi) is 4.57. The summed E-state index contributed by atoms with van der Waals surface area (Å²) < 4.78 is 35.5. The van der Waals surface area contributed by atoms with E-state index in [2.05, 4.69) is 4.72 Å². The summed E-state index contributed by atoms with van der Waals surface area (Å²) in [6.07, 6.45) is -0.00452. The minimum absolute atomic E-state index is 0.00452. The number of hydrogen-bond donors (Lipinski definition) is 1. The number of nitrogens with one attached hydrogen (secondary N) is 1. The van der Waals surface area contributed by atoms with Crippen LogP contribution in [0.3, 0.4) is 0 Å². The van der Waals surface area contributed by atoms with Gasteiger partial charge in [0, 0.05) is 13.1 Å². The van der Waals surface area contributed by atoms with Crippen LogP contribution >= 0.6 is 11.3 Å². The van der Waals surface area contributed by atoms with Gasteiger partial charge in [-0.15, -0.1) is 0 Å². The van der Waals surface area contributed by atoms with Crippen LogP contribution in [0.4, 0.5) is 5.69 Å². The fourth-order valence-electron chi connectivity index (χ4n) is 2.40. The van der Waals surface area contributed by atoms with E-state index in [1.165, 1.54) is 16.7 Å². The largest absolute Gasteiger partial charge is 0.491 e. The predicted molar refractivity (Wildman–Crippen MR) is 100 cm³/mol. The third-order valence-electron chi connectivity index (χ3n) is 3.53.